The van der Waals surface area contributed by atoms with Crippen LogP contribution in [0.25, 0.3) is 0 Å². The second kappa shape index (κ2) is 7.57. The summed E-state index contributed by atoms with van der Waals surface area (Å²) in [6.07, 6.45) is 2.76. The van der Waals surface area contributed by atoms with Gasteiger partial charge in [-0.2, -0.15) is 0 Å². The maximum Gasteiger partial charge on any atom is 0.241 e. The minimum atomic E-state index is -0.0777. The average Bonchev–Trinajstić information content (AvgIpc) is 2.78. The molecular weight excluding hydrogens is 264 g/mol. The van der Waals surface area contributed by atoms with Crippen LogP contribution in [-0.2, 0) is 16.0 Å². The summed E-state index contributed by atoms with van der Waals surface area (Å²) in [6, 6.07) is 10.4. The summed E-state index contributed by atoms with van der Waals surface area (Å²) in [4.78, 5) is 14.6. The summed E-state index contributed by atoms with van der Waals surface area (Å²) in [6.45, 7) is 4.75. The maximum atomic E-state index is 12.6. The smallest absolute Gasteiger partial charge is 0.241 e. The van der Waals surface area contributed by atoms with Gasteiger partial charge >= 0.3 is 0 Å². The van der Waals surface area contributed by atoms with Crippen molar-refractivity contribution in [2.75, 3.05) is 13.7 Å². The largest absolute Gasteiger partial charge is 0.383 e. The van der Waals surface area contributed by atoms with Crippen molar-refractivity contribution in [2.45, 2.75) is 51.4 Å². The zero-order chi connectivity index (χ0) is 15.2. The van der Waals surface area contributed by atoms with Crippen LogP contribution in [0.1, 0.15) is 32.3 Å². The molecule has 4 heteroatoms. The third-order valence-electron chi connectivity index (χ3n) is 4.20. The Bertz CT molecular complexity index is 449. The first-order valence-corrected chi connectivity index (χ1v) is 7.78. The molecule has 1 N–H and O–H groups in total. The van der Waals surface area contributed by atoms with Crippen molar-refractivity contribution in [3.8, 4) is 0 Å². The van der Waals surface area contributed by atoms with E-state index in [4.69, 9.17) is 4.74 Å². The maximum absolute atomic E-state index is 12.6. The Morgan fingerprint density at radius 3 is 2.67 bits per heavy atom. The number of nitrogens with one attached hydrogen (secondary N) is 1. The lowest BCUT2D eigenvalue weighted by Crippen LogP contribution is -2.45. The minimum Gasteiger partial charge on any atom is -0.383 e. The number of amides is 1. The fourth-order valence-corrected chi connectivity index (χ4v) is 3.06. The van der Waals surface area contributed by atoms with Crippen molar-refractivity contribution >= 4 is 5.91 Å². The van der Waals surface area contributed by atoms with Crippen molar-refractivity contribution in [1.82, 2.24) is 10.2 Å². The topological polar surface area (TPSA) is 41.6 Å². The van der Waals surface area contributed by atoms with E-state index in [9.17, 15) is 4.79 Å². The standard InChI is InChI=1S/C17H26N2O2/c1-4-15(12-21-3)19-13(2)18-16(17(19)20)11-10-14-8-6-5-7-9-14/h5-9,13,15-16,18H,4,10-12H2,1-3H3. The number of hydrogen-bond acceptors (Lipinski definition) is 3. The molecular formula is C17H26N2O2. The third kappa shape index (κ3) is 3.83. The molecule has 1 aliphatic rings. The first kappa shape index (κ1) is 16.0. The third-order valence-corrected chi connectivity index (χ3v) is 4.20. The van der Waals surface area contributed by atoms with Gasteiger partial charge in [0.15, 0.2) is 0 Å². The molecule has 0 aliphatic carbocycles. The Kier molecular flexibility index (Phi) is 5.76. The first-order valence-electron chi connectivity index (χ1n) is 7.78. The summed E-state index contributed by atoms with van der Waals surface area (Å²) in [5, 5.41) is 3.42. The van der Waals surface area contributed by atoms with Crippen LogP contribution in [0.2, 0.25) is 0 Å². The van der Waals surface area contributed by atoms with Crippen LogP contribution in [0.4, 0.5) is 0 Å². The molecule has 1 aromatic rings. The molecule has 1 aliphatic heterocycles. The summed E-state index contributed by atoms with van der Waals surface area (Å²) >= 11 is 0. The number of rotatable bonds is 7. The van der Waals surface area contributed by atoms with E-state index in [1.54, 1.807) is 7.11 Å². The molecule has 1 amide bonds. The molecule has 21 heavy (non-hydrogen) atoms. The molecule has 3 atom stereocenters. The highest BCUT2D eigenvalue weighted by Gasteiger charge is 2.39. The number of carbonyl (C=O) groups is 1. The van der Waals surface area contributed by atoms with Gasteiger partial charge < -0.3 is 9.64 Å². The molecule has 3 unspecified atom stereocenters. The van der Waals surface area contributed by atoms with E-state index in [2.05, 4.69) is 31.3 Å². The molecule has 116 valence electrons. The van der Waals surface area contributed by atoms with Crippen LogP contribution in [0, 0.1) is 0 Å². The number of hydrogen-bond donors (Lipinski definition) is 1. The lowest BCUT2D eigenvalue weighted by molar-refractivity contribution is -0.133. The van der Waals surface area contributed by atoms with E-state index in [1.807, 2.05) is 23.1 Å². The van der Waals surface area contributed by atoms with Gasteiger partial charge in [-0.15, -0.1) is 0 Å². The van der Waals surface area contributed by atoms with Gasteiger partial charge in [0.2, 0.25) is 5.91 Å². The number of nitrogens with zero attached hydrogens (tertiary/aromatic N) is 1. The highest BCUT2D eigenvalue weighted by atomic mass is 16.5. The Morgan fingerprint density at radius 1 is 1.33 bits per heavy atom. The number of carbonyl (C=O) groups excluding carboxylic acids is 1. The van der Waals surface area contributed by atoms with E-state index in [0.29, 0.717) is 6.61 Å². The first-order chi connectivity index (χ1) is 10.2. The number of methoxy groups -OCH3 is 1. The van der Waals surface area contributed by atoms with Gasteiger partial charge in [0.05, 0.1) is 24.9 Å². The van der Waals surface area contributed by atoms with E-state index < -0.39 is 0 Å². The normalized spacial score (nSPS) is 23.6. The zero-order valence-electron chi connectivity index (χ0n) is 13.2. The van der Waals surface area contributed by atoms with Gasteiger partial charge in [-0.3, -0.25) is 10.1 Å². The number of ether oxygens (including phenoxy) is 1. The van der Waals surface area contributed by atoms with Crippen LogP contribution in [0.15, 0.2) is 30.3 Å². The van der Waals surface area contributed by atoms with Crippen LogP contribution in [0.5, 0.6) is 0 Å². The fraction of sp³-hybridized carbons (Fsp3) is 0.588. The Hall–Kier alpha value is -1.39. The van der Waals surface area contributed by atoms with Gasteiger partial charge in [-0.1, -0.05) is 37.3 Å². The van der Waals surface area contributed by atoms with Gasteiger partial charge in [0, 0.05) is 7.11 Å². The molecule has 4 nitrogen and oxygen atoms in total. The van der Waals surface area contributed by atoms with Crippen LogP contribution < -0.4 is 5.32 Å². The van der Waals surface area contributed by atoms with E-state index in [1.165, 1.54) is 5.56 Å². The van der Waals surface area contributed by atoms with Crippen molar-refractivity contribution < 1.29 is 9.53 Å². The van der Waals surface area contributed by atoms with Crippen LogP contribution in [-0.4, -0.2) is 42.8 Å². The summed E-state index contributed by atoms with van der Waals surface area (Å²) in [5.74, 6) is 0.210. The van der Waals surface area contributed by atoms with Gasteiger partial charge in [-0.25, -0.2) is 0 Å². The Labute approximate surface area is 127 Å². The van der Waals surface area contributed by atoms with Crippen LogP contribution in [0.3, 0.4) is 0 Å². The van der Waals surface area contributed by atoms with Gasteiger partial charge in [-0.05, 0) is 31.7 Å². The molecule has 0 radical (unpaired) electrons. The second-order valence-electron chi connectivity index (χ2n) is 5.68. The zero-order valence-corrected chi connectivity index (χ0v) is 13.2. The molecule has 1 saturated heterocycles. The second-order valence-corrected chi connectivity index (χ2v) is 5.68. The Balaban J connectivity index is 1.95. The van der Waals surface area contributed by atoms with Crippen LogP contribution >= 0.6 is 0 Å². The lowest BCUT2D eigenvalue weighted by Gasteiger charge is -2.29. The Morgan fingerprint density at radius 2 is 2.05 bits per heavy atom. The summed E-state index contributed by atoms with van der Waals surface area (Å²) in [7, 11) is 1.69. The molecule has 1 heterocycles. The highest BCUT2D eigenvalue weighted by molar-refractivity contribution is 5.84. The monoisotopic (exact) mass is 290 g/mol. The molecule has 0 saturated carbocycles. The van der Waals surface area contributed by atoms with Crippen molar-refractivity contribution in [2.24, 2.45) is 0 Å². The SMILES string of the molecule is CCC(COC)N1C(=O)C(CCc2ccccc2)NC1C. The molecule has 0 aromatic heterocycles. The van der Waals surface area contributed by atoms with Crippen molar-refractivity contribution in [3.05, 3.63) is 35.9 Å². The molecule has 1 fully saturated rings. The predicted octanol–water partition coefficient (Wildman–Crippen LogP) is 2.19. The molecule has 0 spiro atoms. The molecule has 2 rings (SSSR count). The highest BCUT2D eigenvalue weighted by Crippen LogP contribution is 2.20. The van der Waals surface area contributed by atoms with Gasteiger partial charge in [0.25, 0.3) is 0 Å². The lowest BCUT2D eigenvalue weighted by atomic mass is 10.0. The minimum absolute atomic E-state index is 0.0777. The average molecular weight is 290 g/mol. The molecule has 0 bridgehead atoms. The fourth-order valence-electron chi connectivity index (χ4n) is 3.06. The van der Waals surface area contributed by atoms with Gasteiger partial charge in [0.1, 0.15) is 0 Å². The summed E-state index contributed by atoms with van der Waals surface area (Å²) < 4.78 is 5.25. The quantitative estimate of drug-likeness (QED) is 0.837. The van der Waals surface area contributed by atoms with E-state index >= 15 is 0 Å². The van der Waals surface area contributed by atoms with Crippen molar-refractivity contribution in [3.63, 3.8) is 0 Å². The number of benzene rings is 1. The summed E-state index contributed by atoms with van der Waals surface area (Å²) in [5.41, 5.74) is 1.28. The molecule has 1 aromatic carbocycles. The van der Waals surface area contributed by atoms with Crippen molar-refractivity contribution in [1.29, 1.82) is 0 Å². The number of aryl methyl sites for hydroxylation is 1. The van der Waals surface area contributed by atoms with E-state index in [0.717, 1.165) is 19.3 Å². The van der Waals surface area contributed by atoms with E-state index in [-0.39, 0.29) is 24.2 Å². The predicted molar refractivity (Wildman–Crippen MR) is 83.9 cm³/mol.